The number of hydrogen-bond acceptors (Lipinski definition) is 4. The van der Waals surface area contributed by atoms with E-state index >= 15 is 0 Å². The van der Waals surface area contributed by atoms with Gasteiger partial charge in [0.15, 0.2) is 0 Å². The molecule has 1 saturated heterocycles. The van der Waals surface area contributed by atoms with Gasteiger partial charge in [0.1, 0.15) is 11.5 Å². The van der Waals surface area contributed by atoms with Crippen LogP contribution in [0.1, 0.15) is 24.0 Å². The van der Waals surface area contributed by atoms with Crippen LogP contribution in [0.5, 0.6) is 0 Å². The van der Waals surface area contributed by atoms with E-state index in [1.54, 1.807) is 12.1 Å². The van der Waals surface area contributed by atoms with Crippen LogP contribution in [0.25, 0.3) is 5.57 Å². The van der Waals surface area contributed by atoms with Crippen molar-refractivity contribution in [2.24, 2.45) is 5.92 Å². The number of benzene rings is 2. The van der Waals surface area contributed by atoms with Crippen molar-refractivity contribution in [2.45, 2.75) is 19.3 Å². The first kappa shape index (κ1) is 20.3. The number of rotatable bonds is 6. The molecule has 2 heterocycles. The number of imide groups is 1. The fourth-order valence-corrected chi connectivity index (χ4v) is 4.24. The molecule has 2 aromatic rings. The molecular formula is C24H25FN2O3. The van der Waals surface area contributed by atoms with Crippen molar-refractivity contribution in [1.29, 1.82) is 0 Å². The predicted octanol–water partition coefficient (Wildman–Crippen LogP) is 2.85. The van der Waals surface area contributed by atoms with Crippen molar-refractivity contribution >= 4 is 17.4 Å². The number of carbonyl (C=O) groups is 2. The third-order valence-corrected chi connectivity index (χ3v) is 5.84. The zero-order valence-electron chi connectivity index (χ0n) is 16.8. The molecule has 0 aromatic heterocycles. The Kier molecular flexibility index (Phi) is 5.95. The van der Waals surface area contributed by atoms with E-state index in [-0.39, 0.29) is 30.9 Å². The number of carbonyl (C=O) groups excluding carboxylic acids is 2. The van der Waals surface area contributed by atoms with Gasteiger partial charge in [0, 0.05) is 26.2 Å². The van der Waals surface area contributed by atoms with E-state index in [0.29, 0.717) is 36.3 Å². The SMILES string of the molecule is O=C1C(c2ccc(F)cc2)=C(N2CCCC(CO)C2)C(=O)N1CCc1ccccc1. The van der Waals surface area contributed by atoms with Gasteiger partial charge in [-0.25, -0.2) is 4.39 Å². The van der Waals surface area contributed by atoms with Crippen LogP contribution in [0, 0.1) is 11.7 Å². The molecule has 5 nitrogen and oxygen atoms in total. The van der Waals surface area contributed by atoms with Crippen molar-refractivity contribution in [1.82, 2.24) is 9.80 Å². The van der Waals surface area contributed by atoms with Crippen LogP contribution in [-0.2, 0) is 16.0 Å². The Morgan fingerprint density at radius 3 is 2.43 bits per heavy atom. The Hall–Kier alpha value is -2.99. The third kappa shape index (κ3) is 4.00. The summed E-state index contributed by atoms with van der Waals surface area (Å²) in [6, 6.07) is 15.4. The van der Waals surface area contributed by atoms with Gasteiger partial charge >= 0.3 is 0 Å². The molecule has 0 bridgehead atoms. The van der Waals surface area contributed by atoms with Crippen molar-refractivity contribution in [3.05, 3.63) is 77.2 Å². The lowest BCUT2D eigenvalue weighted by Gasteiger charge is -2.34. The topological polar surface area (TPSA) is 60.9 Å². The molecule has 2 aliphatic rings. The van der Waals surface area contributed by atoms with Crippen LogP contribution in [-0.4, -0.2) is 53.0 Å². The van der Waals surface area contributed by atoms with Crippen molar-refractivity contribution in [3.8, 4) is 0 Å². The molecule has 30 heavy (non-hydrogen) atoms. The molecule has 1 fully saturated rings. The molecule has 6 heteroatoms. The Balaban J connectivity index is 1.66. The fourth-order valence-electron chi connectivity index (χ4n) is 4.24. The van der Waals surface area contributed by atoms with Crippen LogP contribution in [0.15, 0.2) is 60.3 Å². The number of likely N-dealkylation sites (tertiary alicyclic amines) is 1. The zero-order chi connectivity index (χ0) is 21.1. The van der Waals surface area contributed by atoms with E-state index < -0.39 is 5.82 Å². The fraction of sp³-hybridized carbons (Fsp3) is 0.333. The molecule has 4 rings (SSSR count). The highest BCUT2D eigenvalue weighted by Crippen LogP contribution is 2.34. The van der Waals surface area contributed by atoms with Gasteiger partial charge in [-0.15, -0.1) is 0 Å². The maximum absolute atomic E-state index is 13.5. The number of hydrogen-bond donors (Lipinski definition) is 1. The summed E-state index contributed by atoms with van der Waals surface area (Å²) in [5.74, 6) is -0.976. The van der Waals surface area contributed by atoms with Crippen LogP contribution in [0.2, 0.25) is 0 Å². The predicted molar refractivity (Wildman–Crippen MR) is 112 cm³/mol. The molecule has 0 aliphatic carbocycles. The molecule has 0 saturated carbocycles. The molecule has 1 N–H and O–H groups in total. The highest BCUT2D eigenvalue weighted by Gasteiger charge is 2.42. The van der Waals surface area contributed by atoms with E-state index in [1.165, 1.54) is 17.0 Å². The van der Waals surface area contributed by atoms with E-state index in [4.69, 9.17) is 0 Å². The number of aliphatic hydroxyl groups is 1. The molecule has 0 radical (unpaired) electrons. The van der Waals surface area contributed by atoms with Gasteiger partial charge in [0.05, 0.1) is 5.57 Å². The molecule has 2 amide bonds. The average Bonchev–Trinajstić information content (AvgIpc) is 3.03. The minimum atomic E-state index is -0.392. The molecule has 1 unspecified atom stereocenters. The Morgan fingerprint density at radius 2 is 1.73 bits per heavy atom. The van der Waals surface area contributed by atoms with Gasteiger partial charge < -0.3 is 10.0 Å². The third-order valence-electron chi connectivity index (χ3n) is 5.84. The Morgan fingerprint density at radius 1 is 1.00 bits per heavy atom. The normalized spacial score (nSPS) is 19.7. The number of aliphatic hydroxyl groups excluding tert-OH is 1. The summed E-state index contributed by atoms with van der Waals surface area (Å²) in [4.78, 5) is 29.9. The molecular weight excluding hydrogens is 383 g/mol. The Labute approximate surface area is 175 Å². The number of nitrogens with zero attached hydrogens (tertiary/aromatic N) is 2. The molecule has 0 spiro atoms. The highest BCUT2D eigenvalue weighted by atomic mass is 19.1. The summed E-state index contributed by atoms with van der Waals surface area (Å²) in [6.45, 7) is 1.52. The van der Waals surface area contributed by atoms with Gasteiger partial charge in [-0.1, -0.05) is 42.5 Å². The minimum absolute atomic E-state index is 0.0511. The summed E-state index contributed by atoms with van der Waals surface area (Å²) < 4.78 is 13.5. The maximum Gasteiger partial charge on any atom is 0.277 e. The van der Waals surface area contributed by atoms with Gasteiger partial charge in [0.2, 0.25) is 0 Å². The number of halogens is 1. The van der Waals surface area contributed by atoms with Gasteiger partial charge in [-0.05, 0) is 48.4 Å². The smallest absolute Gasteiger partial charge is 0.277 e. The molecule has 156 valence electrons. The van der Waals surface area contributed by atoms with Crippen molar-refractivity contribution in [2.75, 3.05) is 26.2 Å². The monoisotopic (exact) mass is 408 g/mol. The standard InChI is InChI=1S/C24H25FN2O3/c25-20-10-8-19(9-11-20)21-22(26-13-4-7-18(15-26)16-28)24(30)27(23(21)29)14-12-17-5-2-1-3-6-17/h1-3,5-6,8-11,18,28H,4,7,12-16H2. The lowest BCUT2D eigenvalue weighted by Crippen LogP contribution is -2.41. The highest BCUT2D eigenvalue weighted by molar-refractivity contribution is 6.35. The second kappa shape index (κ2) is 8.79. The first-order valence-corrected chi connectivity index (χ1v) is 10.3. The average molecular weight is 408 g/mol. The van der Waals surface area contributed by atoms with E-state index in [9.17, 15) is 19.1 Å². The number of amides is 2. The van der Waals surface area contributed by atoms with Crippen molar-refractivity contribution in [3.63, 3.8) is 0 Å². The summed E-state index contributed by atoms with van der Waals surface area (Å²) >= 11 is 0. The quantitative estimate of drug-likeness (QED) is 0.747. The lowest BCUT2D eigenvalue weighted by atomic mass is 9.97. The van der Waals surface area contributed by atoms with Crippen LogP contribution in [0.3, 0.4) is 0 Å². The second-order valence-electron chi connectivity index (χ2n) is 7.86. The first-order chi connectivity index (χ1) is 14.6. The summed E-state index contributed by atoms with van der Waals surface area (Å²) in [5, 5.41) is 9.60. The zero-order valence-corrected chi connectivity index (χ0v) is 16.8. The van der Waals surface area contributed by atoms with Gasteiger partial charge in [-0.2, -0.15) is 0 Å². The molecule has 1 atom stereocenters. The van der Waals surface area contributed by atoms with E-state index in [2.05, 4.69) is 0 Å². The molecule has 2 aromatic carbocycles. The second-order valence-corrected chi connectivity index (χ2v) is 7.86. The van der Waals surface area contributed by atoms with Crippen molar-refractivity contribution < 1.29 is 19.1 Å². The van der Waals surface area contributed by atoms with Crippen LogP contribution >= 0.6 is 0 Å². The Bertz CT molecular complexity index is 956. The summed E-state index contributed by atoms with van der Waals surface area (Å²) in [7, 11) is 0. The minimum Gasteiger partial charge on any atom is -0.396 e. The van der Waals surface area contributed by atoms with Gasteiger partial charge in [0.25, 0.3) is 11.8 Å². The summed E-state index contributed by atoms with van der Waals surface area (Å²) in [5.41, 5.74) is 2.29. The summed E-state index contributed by atoms with van der Waals surface area (Å²) in [6.07, 6.45) is 2.31. The van der Waals surface area contributed by atoms with E-state index in [0.717, 1.165) is 18.4 Å². The van der Waals surface area contributed by atoms with E-state index in [1.807, 2.05) is 35.2 Å². The van der Waals surface area contributed by atoms with Crippen LogP contribution in [0.4, 0.5) is 4.39 Å². The largest absolute Gasteiger partial charge is 0.396 e. The maximum atomic E-state index is 13.5. The van der Waals surface area contributed by atoms with Gasteiger partial charge in [-0.3, -0.25) is 14.5 Å². The first-order valence-electron chi connectivity index (χ1n) is 10.3. The molecule has 2 aliphatic heterocycles. The number of piperidine rings is 1. The lowest BCUT2D eigenvalue weighted by molar-refractivity contribution is -0.137. The van der Waals surface area contributed by atoms with Crippen LogP contribution < -0.4 is 0 Å².